The zero-order valence-electron chi connectivity index (χ0n) is 16.6. The molecule has 9 heteroatoms. The van der Waals surface area contributed by atoms with Crippen molar-refractivity contribution in [3.05, 3.63) is 56.9 Å². The zero-order chi connectivity index (χ0) is 20.8. The highest BCUT2D eigenvalue weighted by molar-refractivity contribution is 7.13. The Morgan fingerprint density at radius 2 is 1.97 bits per heavy atom. The number of rotatable bonds is 8. The molecular weight excluding hydrogens is 390 g/mol. The normalized spacial score (nSPS) is 10.7. The fourth-order valence-corrected chi connectivity index (χ4v) is 3.68. The van der Waals surface area contributed by atoms with Crippen LogP contribution >= 0.6 is 11.3 Å². The van der Waals surface area contributed by atoms with Crippen molar-refractivity contribution in [1.82, 2.24) is 20.7 Å². The van der Waals surface area contributed by atoms with Gasteiger partial charge in [0.2, 0.25) is 5.01 Å². The molecule has 152 valence electrons. The van der Waals surface area contributed by atoms with Gasteiger partial charge < -0.3 is 15.2 Å². The summed E-state index contributed by atoms with van der Waals surface area (Å²) in [7, 11) is 0. The first-order valence-corrected chi connectivity index (χ1v) is 10.2. The number of hydrogen-bond donors (Lipinski definition) is 2. The molecule has 0 unspecified atom stereocenters. The maximum Gasteiger partial charge on any atom is 0.286 e. The maximum atomic E-state index is 12.4. The summed E-state index contributed by atoms with van der Waals surface area (Å²) in [6.45, 7) is 6.24. The van der Waals surface area contributed by atoms with E-state index in [0.29, 0.717) is 29.2 Å². The molecule has 0 fully saturated rings. The number of aryl methyl sites for hydroxylation is 3. The van der Waals surface area contributed by atoms with Gasteiger partial charge in [-0.05, 0) is 44.9 Å². The minimum Gasteiger partial charge on any atom is -0.361 e. The molecule has 1 aromatic carbocycles. The minimum absolute atomic E-state index is 0.214. The van der Waals surface area contributed by atoms with Crippen molar-refractivity contribution in [1.29, 1.82) is 0 Å². The molecule has 2 heterocycles. The van der Waals surface area contributed by atoms with Crippen LogP contribution in [0.25, 0.3) is 0 Å². The van der Waals surface area contributed by atoms with Crippen LogP contribution in [0.4, 0.5) is 5.69 Å². The molecule has 0 atom stereocenters. The van der Waals surface area contributed by atoms with Crippen molar-refractivity contribution in [3.8, 4) is 0 Å². The Balaban J connectivity index is 1.58. The molecule has 0 spiro atoms. The third kappa shape index (κ3) is 5.26. The first-order valence-electron chi connectivity index (χ1n) is 9.41. The standard InChI is InChI=1S/C20H23N5O3S/c1-4-6-17-23-24-20(29-17)19(27)22-15-8-5-7-14(11-15)18(26)21-10-9-16-12(2)25-28-13(16)3/h5,7-8,11H,4,6,9-10H2,1-3H3,(H,21,26)(H,22,27). The largest absolute Gasteiger partial charge is 0.361 e. The fourth-order valence-electron chi connectivity index (χ4n) is 2.84. The van der Waals surface area contributed by atoms with Crippen LogP contribution in [0, 0.1) is 13.8 Å². The summed E-state index contributed by atoms with van der Waals surface area (Å²) in [6, 6.07) is 6.79. The number of nitrogens with zero attached hydrogens (tertiary/aromatic N) is 3. The van der Waals surface area contributed by atoms with E-state index in [0.717, 1.165) is 34.9 Å². The predicted molar refractivity (Wildman–Crippen MR) is 110 cm³/mol. The highest BCUT2D eigenvalue weighted by atomic mass is 32.1. The van der Waals surface area contributed by atoms with Gasteiger partial charge in [-0.1, -0.05) is 29.5 Å². The first kappa shape index (κ1) is 20.7. The van der Waals surface area contributed by atoms with E-state index in [1.165, 1.54) is 11.3 Å². The van der Waals surface area contributed by atoms with E-state index in [9.17, 15) is 9.59 Å². The molecule has 2 amide bonds. The second-order valence-corrected chi connectivity index (χ2v) is 7.66. The fraction of sp³-hybridized carbons (Fsp3) is 0.350. The van der Waals surface area contributed by atoms with E-state index >= 15 is 0 Å². The van der Waals surface area contributed by atoms with Gasteiger partial charge in [0.1, 0.15) is 10.8 Å². The van der Waals surface area contributed by atoms with Crippen molar-refractivity contribution >= 4 is 28.8 Å². The Morgan fingerprint density at radius 3 is 2.69 bits per heavy atom. The molecule has 0 aliphatic heterocycles. The Labute approximate surface area is 172 Å². The molecule has 29 heavy (non-hydrogen) atoms. The van der Waals surface area contributed by atoms with Crippen LogP contribution in [-0.2, 0) is 12.8 Å². The van der Waals surface area contributed by atoms with Crippen LogP contribution in [0.15, 0.2) is 28.8 Å². The topological polar surface area (TPSA) is 110 Å². The van der Waals surface area contributed by atoms with Gasteiger partial charge in [-0.3, -0.25) is 9.59 Å². The van der Waals surface area contributed by atoms with Crippen LogP contribution in [-0.4, -0.2) is 33.7 Å². The first-order chi connectivity index (χ1) is 14.0. The van der Waals surface area contributed by atoms with Gasteiger partial charge in [-0.2, -0.15) is 0 Å². The van der Waals surface area contributed by atoms with E-state index in [2.05, 4.69) is 26.0 Å². The highest BCUT2D eigenvalue weighted by Crippen LogP contribution is 2.16. The average molecular weight is 414 g/mol. The van der Waals surface area contributed by atoms with Crippen molar-refractivity contribution in [2.45, 2.75) is 40.0 Å². The Morgan fingerprint density at radius 1 is 1.14 bits per heavy atom. The summed E-state index contributed by atoms with van der Waals surface area (Å²) >= 11 is 1.28. The summed E-state index contributed by atoms with van der Waals surface area (Å²) in [5, 5.41) is 18.7. The van der Waals surface area contributed by atoms with E-state index in [1.54, 1.807) is 24.3 Å². The second-order valence-electron chi connectivity index (χ2n) is 6.59. The number of amides is 2. The quantitative estimate of drug-likeness (QED) is 0.586. The van der Waals surface area contributed by atoms with Gasteiger partial charge in [0, 0.05) is 29.8 Å². The van der Waals surface area contributed by atoms with Crippen molar-refractivity contribution in [2.24, 2.45) is 0 Å². The van der Waals surface area contributed by atoms with Crippen molar-refractivity contribution in [2.75, 3.05) is 11.9 Å². The summed E-state index contributed by atoms with van der Waals surface area (Å²) in [6.07, 6.45) is 2.39. The van der Waals surface area contributed by atoms with Gasteiger partial charge in [-0.15, -0.1) is 10.2 Å². The Bertz CT molecular complexity index is 992. The summed E-state index contributed by atoms with van der Waals surface area (Å²) < 4.78 is 5.13. The van der Waals surface area contributed by atoms with Gasteiger partial charge in [0.15, 0.2) is 0 Å². The number of benzene rings is 1. The number of anilines is 1. The zero-order valence-corrected chi connectivity index (χ0v) is 17.4. The maximum absolute atomic E-state index is 12.4. The Hall–Kier alpha value is -3.07. The lowest BCUT2D eigenvalue weighted by Crippen LogP contribution is -2.26. The van der Waals surface area contributed by atoms with E-state index in [1.807, 2.05) is 20.8 Å². The Kier molecular flexibility index (Phi) is 6.71. The van der Waals surface area contributed by atoms with Gasteiger partial charge in [0.25, 0.3) is 11.8 Å². The minimum atomic E-state index is -0.333. The molecule has 0 saturated carbocycles. The third-order valence-corrected chi connectivity index (χ3v) is 5.33. The molecule has 0 bridgehead atoms. The molecule has 0 aliphatic rings. The van der Waals surface area contributed by atoms with Gasteiger partial charge in [0.05, 0.1) is 5.69 Å². The van der Waals surface area contributed by atoms with Crippen molar-refractivity contribution in [3.63, 3.8) is 0 Å². The molecule has 2 N–H and O–H groups in total. The summed E-state index contributed by atoms with van der Waals surface area (Å²) in [4.78, 5) is 24.8. The van der Waals surface area contributed by atoms with Crippen LogP contribution in [0.2, 0.25) is 0 Å². The van der Waals surface area contributed by atoms with Gasteiger partial charge >= 0.3 is 0 Å². The number of hydrogen-bond acceptors (Lipinski definition) is 7. The molecule has 8 nitrogen and oxygen atoms in total. The predicted octanol–water partition coefficient (Wildman–Crippen LogP) is 3.32. The lowest BCUT2D eigenvalue weighted by molar-refractivity contribution is 0.0952. The molecular formula is C20H23N5O3S. The number of carbonyl (C=O) groups excluding carboxylic acids is 2. The van der Waals surface area contributed by atoms with E-state index < -0.39 is 0 Å². The monoisotopic (exact) mass is 413 g/mol. The molecule has 0 aliphatic carbocycles. The molecule has 2 aromatic heterocycles. The molecule has 3 rings (SSSR count). The summed E-state index contributed by atoms with van der Waals surface area (Å²) in [5.74, 6) is 0.218. The van der Waals surface area contributed by atoms with Crippen LogP contribution in [0.1, 0.15) is 55.5 Å². The summed E-state index contributed by atoms with van der Waals surface area (Å²) in [5.41, 5.74) is 2.83. The second kappa shape index (κ2) is 9.42. The molecule has 3 aromatic rings. The smallest absolute Gasteiger partial charge is 0.286 e. The number of carbonyl (C=O) groups is 2. The third-order valence-electron chi connectivity index (χ3n) is 4.35. The van der Waals surface area contributed by atoms with E-state index in [-0.39, 0.29) is 11.8 Å². The van der Waals surface area contributed by atoms with Crippen LogP contribution in [0.5, 0.6) is 0 Å². The van der Waals surface area contributed by atoms with E-state index in [4.69, 9.17) is 4.52 Å². The van der Waals surface area contributed by atoms with Crippen molar-refractivity contribution < 1.29 is 14.1 Å². The molecule has 0 radical (unpaired) electrons. The lowest BCUT2D eigenvalue weighted by atomic mass is 10.1. The SMILES string of the molecule is CCCc1nnc(C(=O)Nc2cccc(C(=O)NCCc3c(C)noc3C)c2)s1. The van der Waals surface area contributed by atoms with Crippen LogP contribution in [0.3, 0.4) is 0 Å². The number of nitrogens with one attached hydrogen (secondary N) is 2. The average Bonchev–Trinajstić information content (AvgIpc) is 3.30. The van der Waals surface area contributed by atoms with Gasteiger partial charge in [-0.25, -0.2) is 0 Å². The van der Waals surface area contributed by atoms with Crippen LogP contribution < -0.4 is 10.6 Å². The lowest BCUT2D eigenvalue weighted by Gasteiger charge is -2.08. The highest BCUT2D eigenvalue weighted by Gasteiger charge is 2.14. The number of aromatic nitrogens is 3. The molecule has 0 saturated heterocycles.